The summed E-state index contributed by atoms with van der Waals surface area (Å²) in [5.41, 5.74) is 1.13. The lowest BCUT2D eigenvalue weighted by Crippen LogP contribution is -2.24. The monoisotopic (exact) mass is 247 g/mol. The molecule has 0 atom stereocenters. The van der Waals surface area contributed by atoms with Crippen LogP contribution in [0.2, 0.25) is 0 Å². The molecule has 1 aliphatic heterocycles. The van der Waals surface area contributed by atoms with Crippen molar-refractivity contribution in [2.24, 2.45) is 0 Å². The van der Waals surface area contributed by atoms with Crippen molar-refractivity contribution in [1.82, 2.24) is 15.0 Å². The molecule has 2 aromatic heterocycles. The molecule has 0 amide bonds. The van der Waals surface area contributed by atoms with Crippen molar-refractivity contribution in [3.63, 3.8) is 0 Å². The molecule has 0 saturated heterocycles. The smallest absolute Gasteiger partial charge is 0.255 e. The summed E-state index contributed by atoms with van der Waals surface area (Å²) in [6.07, 6.45) is 3.23. The Labute approximate surface area is 104 Å². The van der Waals surface area contributed by atoms with E-state index in [1.807, 2.05) is 17.5 Å². The number of nitrogens with zero attached hydrogens (tertiary/aromatic N) is 3. The molecule has 0 aromatic carbocycles. The number of rotatable bonds is 2. The minimum absolute atomic E-state index is 0.653. The quantitative estimate of drug-likeness (QED) is 0.817. The van der Waals surface area contributed by atoms with Gasteiger partial charge in [0, 0.05) is 18.7 Å². The third-order valence-electron chi connectivity index (χ3n) is 2.78. The molecule has 2 aromatic rings. The summed E-state index contributed by atoms with van der Waals surface area (Å²) in [4.78, 5) is 7.75. The Bertz CT molecular complexity index is 530. The minimum Gasteiger partial charge on any atom is -0.334 e. The Kier molecular flexibility index (Phi) is 2.78. The first-order valence-electron chi connectivity index (χ1n) is 5.58. The van der Waals surface area contributed by atoms with Crippen molar-refractivity contribution in [3.05, 3.63) is 29.5 Å². The van der Waals surface area contributed by atoms with Crippen LogP contribution in [0.15, 0.2) is 28.1 Å². The molecule has 0 unspecified atom stereocenters. The van der Waals surface area contributed by atoms with Gasteiger partial charge in [-0.3, -0.25) is 0 Å². The van der Waals surface area contributed by atoms with Gasteiger partial charge in [0.25, 0.3) is 5.89 Å². The topological polar surface area (TPSA) is 42.2 Å². The van der Waals surface area contributed by atoms with E-state index < -0.39 is 0 Å². The van der Waals surface area contributed by atoms with E-state index in [2.05, 4.69) is 28.2 Å². The summed E-state index contributed by atoms with van der Waals surface area (Å²) in [6, 6.07) is 3.99. The largest absolute Gasteiger partial charge is 0.334 e. The second-order valence-corrected chi connectivity index (χ2v) is 5.10. The van der Waals surface area contributed by atoms with Gasteiger partial charge in [-0.2, -0.15) is 4.98 Å². The Hall–Kier alpha value is -1.46. The van der Waals surface area contributed by atoms with E-state index in [0.29, 0.717) is 11.7 Å². The van der Waals surface area contributed by atoms with Crippen LogP contribution in [0.25, 0.3) is 16.3 Å². The highest BCUT2D eigenvalue weighted by Gasteiger charge is 2.17. The average molecular weight is 247 g/mol. The van der Waals surface area contributed by atoms with E-state index in [1.54, 1.807) is 11.3 Å². The maximum atomic E-state index is 5.33. The Morgan fingerprint density at radius 1 is 1.47 bits per heavy atom. The predicted octanol–water partition coefficient (Wildman–Crippen LogP) is 2.52. The van der Waals surface area contributed by atoms with Crippen molar-refractivity contribution in [3.8, 4) is 10.7 Å². The van der Waals surface area contributed by atoms with Gasteiger partial charge in [-0.15, -0.1) is 11.3 Å². The molecular weight excluding hydrogens is 234 g/mol. The molecule has 0 saturated carbocycles. The molecule has 1 aliphatic rings. The molecule has 0 N–H and O–H groups in total. The summed E-state index contributed by atoms with van der Waals surface area (Å²) in [6.45, 7) is 1.97. The summed E-state index contributed by atoms with van der Waals surface area (Å²) in [5.74, 6) is 1.34. The zero-order chi connectivity index (χ0) is 11.7. The molecule has 0 radical (unpaired) electrons. The van der Waals surface area contributed by atoms with Gasteiger partial charge in [0.2, 0.25) is 5.82 Å². The Morgan fingerprint density at radius 2 is 2.41 bits per heavy atom. The lowest BCUT2D eigenvalue weighted by molar-refractivity contribution is 0.357. The van der Waals surface area contributed by atoms with Gasteiger partial charge in [0.15, 0.2) is 0 Å². The summed E-state index contributed by atoms with van der Waals surface area (Å²) < 4.78 is 5.33. The lowest BCUT2D eigenvalue weighted by atomic mass is 10.1. The molecule has 88 valence electrons. The average Bonchev–Trinajstić information content (AvgIpc) is 3.00. The van der Waals surface area contributed by atoms with Crippen molar-refractivity contribution >= 4 is 16.9 Å². The molecule has 0 bridgehead atoms. The highest BCUT2D eigenvalue weighted by atomic mass is 32.1. The maximum Gasteiger partial charge on any atom is 0.255 e. The number of hydrogen-bond donors (Lipinski definition) is 0. The van der Waals surface area contributed by atoms with Crippen LogP contribution >= 0.6 is 11.3 Å². The van der Waals surface area contributed by atoms with Crippen LogP contribution < -0.4 is 0 Å². The molecule has 5 heteroatoms. The van der Waals surface area contributed by atoms with Gasteiger partial charge >= 0.3 is 0 Å². The Morgan fingerprint density at radius 3 is 3.18 bits per heavy atom. The Balaban J connectivity index is 1.88. The van der Waals surface area contributed by atoms with Crippen molar-refractivity contribution in [2.45, 2.75) is 6.42 Å². The van der Waals surface area contributed by atoms with Crippen LogP contribution in [0.3, 0.4) is 0 Å². The second-order valence-electron chi connectivity index (χ2n) is 4.16. The summed E-state index contributed by atoms with van der Waals surface area (Å²) in [5, 5.41) is 6.04. The SMILES string of the molecule is CN1CCC=C(c2nc(-c3cccs3)no2)C1. The summed E-state index contributed by atoms with van der Waals surface area (Å²) >= 11 is 1.62. The first-order chi connectivity index (χ1) is 8.33. The highest BCUT2D eigenvalue weighted by Crippen LogP contribution is 2.24. The zero-order valence-electron chi connectivity index (χ0n) is 9.59. The van der Waals surface area contributed by atoms with E-state index >= 15 is 0 Å². The van der Waals surface area contributed by atoms with Crippen LogP contribution in [-0.2, 0) is 0 Å². The van der Waals surface area contributed by atoms with Gasteiger partial charge in [-0.05, 0) is 24.9 Å². The van der Waals surface area contributed by atoms with Gasteiger partial charge in [0.1, 0.15) is 0 Å². The van der Waals surface area contributed by atoms with Crippen LogP contribution in [0.5, 0.6) is 0 Å². The molecule has 4 nitrogen and oxygen atoms in total. The highest BCUT2D eigenvalue weighted by molar-refractivity contribution is 7.13. The van der Waals surface area contributed by atoms with Crippen molar-refractivity contribution in [2.75, 3.05) is 20.1 Å². The molecule has 0 aliphatic carbocycles. The number of aromatic nitrogens is 2. The van der Waals surface area contributed by atoms with E-state index in [1.165, 1.54) is 0 Å². The normalized spacial score (nSPS) is 17.1. The van der Waals surface area contributed by atoms with Crippen molar-refractivity contribution in [1.29, 1.82) is 0 Å². The van der Waals surface area contributed by atoms with Gasteiger partial charge < -0.3 is 9.42 Å². The van der Waals surface area contributed by atoms with Crippen LogP contribution in [0.1, 0.15) is 12.3 Å². The van der Waals surface area contributed by atoms with Gasteiger partial charge in [0.05, 0.1) is 4.88 Å². The minimum atomic E-state index is 0.653. The third kappa shape index (κ3) is 2.16. The van der Waals surface area contributed by atoms with Crippen molar-refractivity contribution < 1.29 is 4.52 Å². The molecule has 17 heavy (non-hydrogen) atoms. The van der Waals surface area contributed by atoms with Crippen LogP contribution in [-0.4, -0.2) is 35.2 Å². The predicted molar refractivity (Wildman–Crippen MR) is 67.7 cm³/mol. The fourth-order valence-corrected chi connectivity index (χ4v) is 2.56. The number of likely N-dealkylation sites (N-methyl/N-ethyl adjacent to an activating group) is 1. The molecule has 0 spiro atoms. The number of thiophene rings is 1. The lowest BCUT2D eigenvalue weighted by Gasteiger charge is -2.20. The fourth-order valence-electron chi connectivity index (χ4n) is 1.91. The number of hydrogen-bond acceptors (Lipinski definition) is 5. The third-order valence-corrected chi connectivity index (χ3v) is 3.65. The molecule has 3 rings (SSSR count). The van der Waals surface area contributed by atoms with E-state index in [-0.39, 0.29) is 0 Å². The fraction of sp³-hybridized carbons (Fsp3) is 0.333. The second kappa shape index (κ2) is 4.43. The first-order valence-corrected chi connectivity index (χ1v) is 6.46. The van der Waals surface area contributed by atoms with E-state index in [4.69, 9.17) is 4.52 Å². The maximum absolute atomic E-state index is 5.33. The van der Waals surface area contributed by atoms with Gasteiger partial charge in [-0.25, -0.2) is 0 Å². The van der Waals surface area contributed by atoms with E-state index in [9.17, 15) is 0 Å². The molecule has 3 heterocycles. The standard InChI is InChI=1S/C12H13N3OS/c1-15-6-2-4-9(8-15)12-13-11(14-16-12)10-5-3-7-17-10/h3-5,7H,2,6,8H2,1H3. The molecular formula is C12H13N3OS. The van der Waals surface area contributed by atoms with Gasteiger partial charge in [-0.1, -0.05) is 17.3 Å². The van der Waals surface area contributed by atoms with E-state index in [0.717, 1.165) is 30.0 Å². The summed E-state index contributed by atoms with van der Waals surface area (Å²) in [7, 11) is 2.10. The van der Waals surface area contributed by atoms with Crippen LogP contribution in [0.4, 0.5) is 0 Å². The first kappa shape index (κ1) is 10.7. The molecule has 0 fully saturated rings. The zero-order valence-corrected chi connectivity index (χ0v) is 10.4. The van der Waals surface area contributed by atoms with Crippen LogP contribution in [0, 0.1) is 0 Å².